The Morgan fingerprint density at radius 1 is 1.22 bits per heavy atom. The molecule has 1 aliphatic rings. The van der Waals surface area contributed by atoms with Crippen LogP contribution in [0.4, 0.5) is 0 Å². The molecule has 23 heavy (non-hydrogen) atoms. The number of amides is 1. The number of piperidine rings is 1. The summed E-state index contributed by atoms with van der Waals surface area (Å²) in [6.07, 6.45) is 3.37. The van der Waals surface area contributed by atoms with Crippen LogP contribution >= 0.6 is 0 Å². The predicted molar refractivity (Wildman–Crippen MR) is 90.8 cm³/mol. The number of hydrogen-bond donors (Lipinski definition) is 2. The topological polar surface area (TPSA) is 60.8 Å². The van der Waals surface area contributed by atoms with Crippen molar-refractivity contribution in [2.75, 3.05) is 19.7 Å². The van der Waals surface area contributed by atoms with Crippen LogP contribution in [-0.4, -0.2) is 46.8 Å². The van der Waals surface area contributed by atoms with Gasteiger partial charge >= 0.3 is 0 Å². The van der Waals surface area contributed by atoms with Crippen molar-refractivity contribution in [2.45, 2.75) is 12.5 Å². The molecule has 4 nitrogen and oxygen atoms in total. The zero-order chi connectivity index (χ0) is 16.2. The van der Waals surface area contributed by atoms with Gasteiger partial charge in [0.1, 0.15) is 0 Å². The highest BCUT2D eigenvalue weighted by Crippen LogP contribution is 2.21. The Balaban J connectivity index is 1.73. The maximum atomic E-state index is 12.3. The van der Waals surface area contributed by atoms with E-state index in [2.05, 4.69) is 0 Å². The number of nitrogens with zero attached hydrogens (tertiary/aromatic N) is 1. The summed E-state index contributed by atoms with van der Waals surface area (Å²) in [4.78, 5) is 14.0. The zero-order valence-electron chi connectivity index (χ0n) is 12.9. The van der Waals surface area contributed by atoms with Crippen LogP contribution in [0.5, 0.6) is 0 Å². The van der Waals surface area contributed by atoms with Crippen LogP contribution < -0.4 is 0 Å². The molecule has 0 radical (unpaired) electrons. The summed E-state index contributed by atoms with van der Waals surface area (Å²) in [7, 11) is 0. The highest BCUT2D eigenvalue weighted by molar-refractivity contribution is 5.96. The van der Waals surface area contributed by atoms with Crippen LogP contribution in [0.1, 0.15) is 12.0 Å². The first-order chi connectivity index (χ1) is 11.2. The van der Waals surface area contributed by atoms with E-state index in [1.807, 2.05) is 48.5 Å². The van der Waals surface area contributed by atoms with Crippen molar-refractivity contribution in [3.05, 3.63) is 54.1 Å². The molecule has 2 aromatic carbocycles. The number of β-amino-alcohol motifs (C(OH)–C–C–N with tert-alkyl or cyclic N) is 1. The summed E-state index contributed by atoms with van der Waals surface area (Å²) < 4.78 is 0. The second-order valence-electron chi connectivity index (χ2n) is 5.98. The molecule has 1 saturated heterocycles. The normalized spacial score (nSPS) is 21.9. The Morgan fingerprint density at radius 2 is 2.00 bits per heavy atom. The van der Waals surface area contributed by atoms with Gasteiger partial charge in [0, 0.05) is 31.7 Å². The smallest absolute Gasteiger partial charge is 0.246 e. The van der Waals surface area contributed by atoms with Gasteiger partial charge in [0.2, 0.25) is 5.91 Å². The fourth-order valence-corrected chi connectivity index (χ4v) is 3.06. The van der Waals surface area contributed by atoms with Crippen LogP contribution in [0.2, 0.25) is 0 Å². The molecule has 0 saturated carbocycles. The Bertz CT molecular complexity index is 720. The third-order valence-electron chi connectivity index (χ3n) is 4.50. The number of likely N-dealkylation sites (tertiary alicyclic amines) is 1. The van der Waals surface area contributed by atoms with E-state index in [1.54, 1.807) is 11.0 Å². The zero-order valence-corrected chi connectivity index (χ0v) is 12.9. The van der Waals surface area contributed by atoms with Crippen LogP contribution in [0.25, 0.3) is 16.8 Å². The van der Waals surface area contributed by atoms with Crippen molar-refractivity contribution in [1.29, 1.82) is 0 Å². The minimum Gasteiger partial charge on any atom is -0.396 e. The van der Waals surface area contributed by atoms with Crippen LogP contribution in [0.15, 0.2) is 48.5 Å². The second kappa shape index (κ2) is 6.94. The van der Waals surface area contributed by atoms with Gasteiger partial charge in [-0.1, -0.05) is 42.5 Å². The number of carbonyl (C=O) groups excluding carboxylic acids is 1. The minimum absolute atomic E-state index is 0.0327. The van der Waals surface area contributed by atoms with Gasteiger partial charge in [0.25, 0.3) is 0 Å². The maximum absolute atomic E-state index is 12.3. The van der Waals surface area contributed by atoms with Crippen molar-refractivity contribution in [2.24, 2.45) is 5.92 Å². The fraction of sp³-hybridized carbons (Fsp3) is 0.316. The van der Waals surface area contributed by atoms with E-state index in [9.17, 15) is 9.90 Å². The third-order valence-corrected chi connectivity index (χ3v) is 4.50. The summed E-state index contributed by atoms with van der Waals surface area (Å²) in [6.45, 7) is 0.819. The third kappa shape index (κ3) is 3.44. The van der Waals surface area contributed by atoms with Gasteiger partial charge < -0.3 is 15.1 Å². The van der Waals surface area contributed by atoms with E-state index in [1.165, 1.54) is 0 Å². The Kier molecular flexibility index (Phi) is 4.74. The van der Waals surface area contributed by atoms with Gasteiger partial charge in [-0.25, -0.2) is 0 Å². The minimum atomic E-state index is -0.649. The van der Waals surface area contributed by atoms with E-state index >= 15 is 0 Å². The average Bonchev–Trinajstić information content (AvgIpc) is 2.59. The first-order valence-electron chi connectivity index (χ1n) is 7.92. The summed E-state index contributed by atoms with van der Waals surface area (Å²) >= 11 is 0. The van der Waals surface area contributed by atoms with Gasteiger partial charge in [0.15, 0.2) is 0 Å². The molecule has 2 N–H and O–H groups in total. The molecule has 0 bridgehead atoms. The van der Waals surface area contributed by atoms with E-state index in [-0.39, 0.29) is 25.0 Å². The molecule has 3 rings (SSSR count). The SMILES string of the molecule is O=C(C=Cc1cccc2ccccc12)N1CCC(CO)C(O)C1. The van der Waals surface area contributed by atoms with Crippen LogP contribution in [0.3, 0.4) is 0 Å². The van der Waals surface area contributed by atoms with E-state index < -0.39 is 6.10 Å². The molecule has 1 aliphatic heterocycles. The van der Waals surface area contributed by atoms with Crippen molar-refractivity contribution in [3.63, 3.8) is 0 Å². The van der Waals surface area contributed by atoms with Crippen LogP contribution in [-0.2, 0) is 4.79 Å². The molecule has 2 atom stereocenters. The summed E-state index contributed by atoms with van der Waals surface area (Å²) in [5, 5.41) is 21.3. The molecule has 120 valence electrons. The monoisotopic (exact) mass is 311 g/mol. The summed E-state index contributed by atoms with van der Waals surface area (Å²) in [5.74, 6) is -0.227. The Hall–Kier alpha value is -2.17. The maximum Gasteiger partial charge on any atom is 0.246 e. The number of hydrogen-bond acceptors (Lipinski definition) is 3. The molecule has 0 spiro atoms. The standard InChI is InChI=1S/C19H21NO3/c21-13-16-10-11-20(12-18(16)22)19(23)9-8-15-6-3-5-14-4-1-2-7-17(14)15/h1-9,16,18,21-22H,10-13H2. The summed E-state index contributed by atoms with van der Waals surface area (Å²) in [5.41, 5.74) is 1.00. The Morgan fingerprint density at radius 3 is 2.78 bits per heavy atom. The average molecular weight is 311 g/mol. The lowest BCUT2D eigenvalue weighted by Crippen LogP contribution is -2.47. The number of aliphatic hydroxyl groups is 2. The molecule has 2 aromatic rings. The van der Waals surface area contributed by atoms with Gasteiger partial charge in [0.05, 0.1) is 6.10 Å². The Labute approximate surface area is 135 Å². The molecular weight excluding hydrogens is 290 g/mol. The molecular formula is C19H21NO3. The molecule has 0 aliphatic carbocycles. The molecule has 4 heteroatoms. The van der Waals surface area contributed by atoms with Gasteiger partial charge in [-0.05, 0) is 28.8 Å². The lowest BCUT2D eigenvalue weighted by molar-refractivity contribution is -0.130. The first-order valence-corrected chi connectivity index (χ1v) is 7.92. The molecule has 0 aromatic heterocycles. The van der Waals surface area contributed by atoms with Crippen molar-refractivity contribution in [1.82, 2.24) is 4.90 Å². The quantitative estimate of drug-likeness (QED) is 0.853. The predicted octanol–water partition coefficient (Wildman–Crippen LogP) is 2.05. The highest BCUT2D eigenvalue weighted by Gasteiger charge is 2.28. The lowest BCUT2D eigenvalue weighted by Gasteiger charge is -2.34. The van der Waals surface area contributed by atoms with E-state index in [0.29, 0.717) is 13.0 Å². The van der Waals surface area contributed by atoms with Gasteiger partial charge in [-0.2, -0.15) is 0 Å². The second-order valence-corrected chi connectivity index (χ2v) is 5.98. The number of rotatable bonds is 3. The van der Waals surface area contributed by atoms with E-state index in [4.69, 9.17) is 5.11 Å². The van der Waals surface area contributed by atoms with Gasteiger partial charge in [-0.3, -0.25) is 4.79 Å². The number of aliphatic hydroxyl groups excluding tert-OH is 2. The molecule has 2 unspecified atom stereocenters. The fourth-order valence-electron chi connectivity index (χ4n) is 3.06. The molecule has 1 heterocycles. The first kappa shape index (κ1) is 15.7. The van der Waals surface area contributed by atoms with Crippen molar-refractivity contribution in [3.8, 4) is 0 Å². The molecule has 1 amide bonds. The van der Waals surface area contributed by atoms with E-state index in [0.717, 1.165) is 16.3 Å². The van der Waals surface area contributed by atoms with Crippen LogP contribution in [0, 0.1) is 5.92 Å². The number of fused-ring (bicyclic) bond motifs is 1. The summed E-state index contributed by atoms with van der Waals surface area (Å²) in [6, 6.07) is 14.1. The lowest BCUT2D eigenvalue weighted by atomic mass is 9.95. The number of carbonyl (C=O) groups is 1. The van der Waals surface area contributed by atoms with Gasteiger partial charge in [-0.15, -0.1) is 0 Å². The van der Waals surface area contributed by atoms with Crippen molar-refractivity contribution < 1.29 is 15.0 Å². The van der Waals surface area contributed by atoms with Crippen molar-refractivity contribution >= 4 is 22.8 Å². The largest absolute Gasteiger partial charge is 0.396 e. The highest BCUT2D eigenvalue weighted by atomic mass is 16.3. The number of benzene rings is 2. The molecule has 1 fully saturated rings.